The van der Waals surface area contributed by atoms with Crippen molar-refractivity contribution in [3.8, 4) is 28.1 Å². The number of hydrogen-bond donors (Lipinski definition) is 1. The van der Waals surface area contributed by atoms with Crippen molar-refractivity contribution in [1.29, 1.82) is 0 Å². The lowest BCUT2D eigenvalue weighted by molar-refractivity contribution is 0.122. The van der Waals surface area contributed by atoms with Gasteiger partial charge in [0, 0.05) is 36.1 Å². The highest BCUT2D eigenvalue weighted by atomic mass is 79.9. The number of nitrogens with two attached hydrogens (primary N) is 1. The Balaban J connectivity index is 1.52. The Morgan fingerprint density at radius 3 is 2.48 bits per heavy atom. The molecule has 0 saturated carbocycles. The van der Waals surface area contributed by atoms with Crippen LogP contribution in [0.25, 0.3) is 28.1 Å². The first-order valence-corrected chi connectivity index (χ1v) is 10.7. The maximum Gasteiger partial charge on any atom is 0.220 e. The summed E-state index contributed by atoms with van der Waals surface area (Å²) in [5.74, 6) is 0.250. The lowest BCUT2D eigenvalue weighted by atomic mass is 10.00. The minimum atomic E-state index is 0.250. The lowest BCUT2D eigenvalue weighted by Gasteiger charge is -2.29. The van der Waals surface area contributed by atoms with Crippen LogP contribution in [0.15, 0.2) is 65.8 Å². The van der Waals surface area contributed by atoms with Crippen LogP contribution in [0.2, 0.25) is 0 Å². The molecule has 0 unspecified atom stereocenters. The van der Waals surface area contributed by atoms with E-state index in [1.54, 1.807) is 17.2 Å². The molecule has 0 atom stereocenters. The molecule has 2 aromatic carbocycles. The van der Waals surface area contributed by atoms with E-state index in [-0.39, 0.29) is 5.95 Å². The fourth-order valence-corrected chi connectivity index (χ4v) is 3.92. The summed E-state index contributed by atoms with van der Waals surface area (Å²) in [6, 6.07) is 16.4. The zero-order valence-electron chi connectivity index (χ0n) is 16.6. The lowest BCUT2D eigenvalue weighted by Crippen LogP contribution is -2.36. The van der Waals surface area contributed by atoms with E-state index >= 15 is 0 Å². The number of aromatic nitrogens is 5. The van der Waals surface area contributed by atoms with Crippen LogP contribution >= 0.6 is 15.9 Å². The molecule has 1 aliphatic heterocycles. The van der Waals surface area contributed by atoms with E-state index in [0.29, 0.717) is 4.73 Å². The normalized spacial score (nSPS) is 14.0. The number of anilines is 2. The molecule has 4 aromatic rings. The maximum absolute atomic E-state index is 5.95. The molecule has 1 aliphatic rings. The summed E-state index contributed by atoms with van der Waals surface area (Å²) in [4.78, 5) is 15.3. The number of ether oxygens (including phenoxy) is 1. The molecule has 31 heavy (non-hydrogen) atoms. The van der Waals surface area contributed by atoms with E-state index in [1.165, 1.54) is 0 Å². The summed E-state index contributed by atoms with van der Waals surface area (Å²) in [5.41, 5.74) is 11.7. The van der Waals surface area contributed by atoms with Crippen LogP contribution in [0.3, 0.4) is 0 Å². The number of hydrogen-bond acceptors (Lipinski definition) is 7. The molecular weight excluding hydrogens is 458 g/mol. The van der Waals surface area contributed by atoms with Crippen molar-refractivity contribution in [1.82, 2.24) is 24.7 Å². The van der Waals surface area contributed by atoms with E-state index < -0.39 is 0 Å². The topological polar surface area (TPSA) is 95.0 Å². The number of nitrogen functional groups attached to an aromatic ring is 1. The number of benzene rings is 2. The van der Waals surface area contributed by atoms with Crippen molar-refractivity contribution in [2.45, 2.75) is 0 Å². The average Bonchev–Trinajstić information content (AvgIpc) is 3.26. The standard InChI is InChI=1S/C22H20BrN7O/c23-21-26-14-30(28-21)17-6-4-15(5-7-17)19-13-25-22(24)27-20(19)16-2-1-3-18(12-16)29-8-10-31-11-9-29/h1-7,12-14H,8-11H2,(H2,24,25,27). The van der Waals surface area contributed by atoms with Gasteiger partial charge < -0.3 is 15.4 Å². The molecule has 3 heterocycles. The molecule has 1 fully saturated rings. The van der Waals surface area contributed by atoms with Gasteiger partial charge in [-0.1, -0.05) is 24.3 Å². The Morgan fingerprint density at radius 2 is 1.74 bits per heavy atom. The van der Waals surface area contributed by atoms with Gasteiger partial charge in [0.1, 0.15) is 6.33 Å². The van der Waals surface area contributed by atoms with Gasteiger partial charge in [0.05, 0.1) is 24.6 Å². The SMILES string of the molecule is Nc1ncc(-c2ccc(-n3cnc(Br)n3)cc2)c(-c2cccc(N3CCOCC3)c2)n1. The Bertz CT molecular complexity index is 1200. The summed E-state index contributed by atoms with van der Waals surface area (Å²) >= 11 is 3.28. The second kappa shape index (κ2) is 8.44. The number of morpholine rings is 1. The fraction of sp³-hybridized carbons (Fsp3) is 0.182. The second-order valence-electron chi connectivity index (χ2n) is 7.15. The highest BCUT2D eigenvalue weighted by molar-refractivity contribution is 9.10. The number of halogens is 1. The van der Waals surface area contributed by atoms with Crippen molar-refractivity contribution < 1.29 is 4.74 Å². The summed E-state index contributed by atoms with van der Waals surface area (Å²) in [5, 5.41) is 4.28. The zero-order chi connectivity index (χ0) is 21.2. The summed E-state index contributed by atoms with van der Waals surface area (Å²) in [6.07, 6.45) is 3.44. The summed E-state index contributed by atoms with van der Waals surface area (Å²) in [7, 11) is 0. The highest BCUT2D eigenvalue weighted by Gasteiger charge is 2.15. The molecule has 0 radical (unpaired) electrons. The maximum atomic E-state index is 5.95. The predicted molar refractivity (Wildman–Crippen MR) is 123 cm³/mol. The molecule has 5 rings (SSSR count). The molecule has 9 heteroatoms. The van der Waals surface area contributed by atoms with Crippen LogP contribution in [-0.4, -0.2) is 51.0 Å². The van der Waals surface area contributed by atoms with Gasteiger partial charge in [-0.15, -0.1) is 5.10 Å². The van der Waals surface area contributed by atoms with Crippen molar-refractivity contribution in [2.75, 3.05) is 36.9 Å². The first-order valence-electron chi connectivity index (χ1n) is 9.91. The second-order valence-corrected chi connectivity index (χ2v) is 7.85. The Kier molecular flexibility index (Phi) is 5.35. The van der Waals surface area contributed by atoms with Gasteiger partial charge in [-0.25, -0.2) is 19.6 Å². The van der Waals surface area contributed by atoms with Gasteiger partial charge in [0.15, 0.2) is 0 Å². The molecule has 0 bridgehead atoms. The van der Waals surface area contributed by atoms with E-state index in [0.717, 1.165) is 60.1 Å². The Hall–Kier alpha value is -3.30. The van der Waals surface area contributed by atoms with E-state index in [2.05, 4.69) is 59.1 Å². The van der Waals surface area contributed by atoms with Crippen LogP contribution in [0.4, 0.5) is 11.6 Å². The van der Waals surface area contributed by atoms with E-state index in [4.69, 9.17) is 10.5 Å². The first-order chi connectivity index (χ1) is 15.2. The molecule has 8 nitrogen and oxygen atoms in total. The minimum absolute atomic E-state index is 0.250. The van der Waals surface area contributed by atoms with Crippen LogP contribution in [0.1, 0.15) is 0 Å². The Labute approximate surface area is 187 Å². The van der Waals surface area contributed by atoms with E-state index in [9.17, 15) is 0 Å². The van der Waals surface area contributed by atoms with Gasteiger partial charge in [-0.3, -0.25) is 0 Å². The molecule has 1 saturated heterocycles. The van der Waals surface area contributed by atoms with Crippen molar-refractivity contribution in [3.05, 3.63) is 65.8 Å². The third-order valence-electron chi connectivity index (χ3n) is 5.21. The van der Waals surface area contributed by atoms with Crippen molar-refractivity contribution in [2.24, 2.45) is 0 Å². The quantitative estimate of drug-likeness (QED) is 0.479. The third kappa shape index (κ3) is 4.14. The number of nitrogens with zero attached hydrogens (tertiary/aromatic N) is 6. The van der Waals surface area contributed by atoms with Crippen molar-refractivity contribution >= 4 is 27.6 Å². The average molecular weight is 478 g/mol. The molecular formula is C22H20BrN7O. The van der Waals surface area contributed by atoms with Gasteiger partial charge >= 0.3 is 0 Å². The predicted octanol–water partition coefficient (Wildman–Crippen LogP) is 3.57. The van der Waals surface area contributed by atoms with Gasteiger partial charge in [-0.05, 0) is 45.8 Å². The molecule has 2 N–H and O–H groups in total. The van der Waals surface area contributed by atoms with E-state index in [1.807, 2.05) is 30.3 Å². The molecule has 2 aromatic heterocycles. The smallest absolute Gasteiger partial charge is 0.220 e. The van der Waals surface area contributed by atoms with Crippen LogP contribution in [0, 0.1) is 0 Å². The van der Waals surface area contributed by atoms with Crippen LogP contribution in [-0.2, 0) is 4.74 Å². The van der Waals surface area contributed by atoms with Crippen molar-refractivity contribution in [3.63, 3.8) is 0 Å². The third-order valence-corrected chi connectivity index (χ3v) is 5.57. The highest BCUT2D eigenvalue weighted by Crippen LogP contribution is 2.33. The Morgan fingerprint density at radius 1 is 0.935 bits per heavy atom. The number of rotatable bonds is 4. The van der Waals surface area contributed by atoms with Gasteiger partial charge in [0.2, 0.25) is 10.7 Å². The fourth-order valence-electron chi connectivity index (χ4n) is 3.66. The zero-order valence-corrected chi connectivity index (χ0v) is 18.2. The molecule has 0 spiro atoms. The van der Waals surface area contributed by atoms with Crippen LogP contribution in [0.5, 0.6) is 0 Å². The van der Waals surface area contributed by atoms with Gasteiger partial charge in [-0.2, -0.15) is 0 Å². The molecule has 0 aliphatic carbocycles. The van der Waals surface area contributed by atoms with Gasteiger partial charge in [0.25, 0.3) is 0 Å². The molecule has 156 valence electrons. The largest absolute Gasteiger partial charge is 0.378 e. The summed E-state index contributed by atoms with van der Waals surface area (Å²) in [6.45, 7) is 3.24. The first kappa shape index (κ1) is 19.7. The van der Waals surface area contributed by atoms with Crippen LogP contribution < -0.4 is 10.6 Å². The minimum Gasteiger partial charge on any atom is -0.378 e. The monoisotopic (exact) mass is 477 g/mol. The summed E-state index contributed by atoms with van der Waals surface area (Å²) < 4.78 is 7.74. The molecule has 0 amide bonds.